The van der Waals surface area contributed by atoms with Crippen molar-refractivity contribution in [3.63, 3.8) is 0 Å². The molecule has 0 spiro atoms. The van der Waals surface area contributed by atoms with Crippen molar-refractivity contribution in [1.29, 1.82) is 0 Å². The molecule has 0 aliphatic carbocycles. The average molecular weight is 393 g/mol. The number of aromatic nitrogens is 1. The highest BCUT2D eigenvalue weighted by Gasteiger charge is 2.11. The highest BCUT2D eigenvalue weighted by atomic mass is 79.9. The number of nitrogens with one attached hydrogen (secondary N) is 2. The number of nitrogens with zero attached hydrogens (tertiary/aromatic N) is 1. The average Bonchev–Trinajstić information content (AvgIpc) is 2.43. The van der Waals surface area contributed by atoms with Crippen molar-refractivity contribution >= 4 is 56.5 Å². The van der Waals surface area contributed by atoms with Crippen molar-refractivity contribution < 1.29 is 4.39 Å². The molecule has 0 radical (unpaired) electrons. The van der Waals surface area contributed by atoms with Gasteiger partial charge in [0.1, 0.15) is 11.6 Å². The Morgan fingerprint density at radius 1 is 1.19 bits per heavy atom. The third-order valence-electron chi connectivity index (χ3n) is 2.66. The van der Waals surface area contributed by atoms with E-state index < -0.39 is 0 Å². The van der Waals surface area contributed by atoms with Crippen LogP contribution in [-0.2, 0) is 0 Å². The van der Waals surface area contributed by atoms with Crippen LogP contribution in [0, 0.1) is 5.82 Å². The molecule has 1 aromatic carbocycles. The molecule has 0 saturated carbocycles. The van der Waals surface area contributed by atoms with Gasteiger partial charge < -0.3 is 10.6 Å². The second kappa shape index (κ2) is 7.29. The van der Waals surface area contributed by atoms with Crippen LogP contribution in [0.3, 0.4) is 0 Å². The third kappa shape index (κ3) is 4.22. The standard InChI is InChI=1S/C14H13BrCl2FN3/c1-2-5-19-13-10(16)7-11(17)14(21-13)20-12-4-3-8(18)6-9(12)15/h3-4,6-7H,2,5H2,1H3,(H2,19,20,21). The molecule has 0 bridgehead atoms. The van der Waals surface area contributed by atoms with Gasteiger partial charge in [0.15, 0.2) is 5.82 Å². The molecule has 0 atom stereocenters. The number of anilines is 3. The van der Waals surface area contributed by atoms with E-state index in [1.807, 2.05) is 6.92 Å². The molecular weight excluding hydrogens is 380 g/mol. The minimum Gasteiger partial charge on any atom is -0.369 e. The highest BCUT2D eigenvalue weighted by Crippen LogP contribution is 2.33. The molecule has 1 aromatic heterocycles. The van der Waals surface area contributed by atoms with Gasteiger partial charge in [0, 0.05) is 11.0 Å². The molecule has 0 amide bonds. The molecule has 3 nitrogen and oxygen atoms in total. The van der Waals surface area contributed by atoms with Gasteiger partial charge in [-0.15, -0.1) is 0 Å². The van der Waals surface area contributed by atoms with Crippen LogP contribution in [0.5, 0.6) is 0 Å². The van der Waals surface area contributed by atoms with Crippen molar-refractivity contribution in [1.82, 2.24) is 4.98 Å². The number of hydrogen-bond donors (Lipinski definition) is 2. The lowest BCUT2D eigenvalue weighted by molar-refractivity contribution is 0.627. The first kappa shape index (κ1) is 16.3. The zero-order valence-corrected chi connectivity index (χ0v) is 14.3. The number of pyridine rings is 1. The summed E-state index contributed by atoms with van der Waals surface area (Å²) in [6, 6.07) is 5.94. The molecule has 2 rings (SSSR count). The van der Waals surface area contributed by atoms with Gasteiger partial charge in [-0.3, -0.25) is 0 Å². The Bertz CT molecular complexity index is 652. The number of hydrogen-bond acceptors (Lipinski definition) is 3. The van der Waals surface area contributed by atoms with Gasteiger partial charge in [-0.2, -0.15) is 0 Å². The van der Waals surface area contributed by atoms with Crippen molar-refractivity contribution in [2.45, 2.75) is 13.3 Å². The third-order valence-corrected chi connectivity index (χ3v) is 3.89. The van der Waals surface area contributed by atoms with Crippen molar-refractivity contribution in [3.05, 3.63) is 44.6 Å². The Labute approximate surface area is 141 Å². The fourth-order valence-corrected chi connectivity index (χ4v) is 2.56. The zero-order valence-electron chi connectivity index (χ0n) is 11.2. The quantitative estimate of drug-likeness (QED) is 0.669. The van der Waals surface area contributed by atoms with E-state index in [-0.39, 0.29) is 5.82 Å². The van der Waals surface area contributed by atoms with E-state index in [4.69, 9.17) is 23.2 Å². The van der Waals surface area contributed by atoms with E-state index >= 15 is 0 Å². The van der Waals surface area contributed by atoms with Gasteiger partial charge in [-0.1, -0.05) is 30.1 Å². The summed E-state index contributed by atoms with van der Waals surface area (Å²) in [5.41, 5.74) is 0.662. The van der Waals surface area contributed by atoms with Gasteiger partial charge in [0.25, 0.3) is 0 Å². The molecule has 2 N–H and O–H groups in total. The van der Waals surface area contributed by atoms with Gasteiger partial charge >= 0.3 is 0 Å². The first-order valence-corrected chi connectivity index (χ1v) is 7.88. The molecule has 1 heterocycles. The first-order chi connectivity index (χ1) is 10.0. The summed E-state index contributed by atoms with van der Waals surface area (Å²) in [4.78, 5) is 4.37. The van der Waals surface area contributed by atoms with Gasteiger partial charge in [0.2, 0.25) is 0 Å². The summed E-state index contributed by atoms with van der Waals surface area (Å²) in [7, 11) is 0. The number of rotatable bonds is 5. The Balaban J connectivity index is 2.30. The van der Waals surface area contributed by atoms with E-state index in [0.29, 0.717) is 31.8 Å². The van der Waals surface area contributed by atoms with Crippen LogP contribution >= 0.6 is 39.1 Å². The lowest BCUT2D eigenvalue weighted by atomic mass is 10.3. The van der Waals surface area contributed by atoms with Crippen LogP contribution in [0.25, 0.3) is 0 Å². The van der Waals surface area contributed by atoms with E-state index in [2.05, 4.69) is 31.5 Å². The maximum atomic E-state index is 13.1. The Morgan fingerprint density at radius 3 is 2.57 bits per heavy atom. The fraction of sp³-hybridized carbons (Fsp3) is 0.214. The topological polar surface area (TPSA) is 37.0 Å². The van der Waals surface area contributed by atoms with Crippen LogP contribution < -0.4 is 10.6 Å². The summed E-state index contributed by atoms with van der Waals surface area (Å²) < 4.78 is 13.7. The van der Waals surface area contributed by atoms with Crippen molar-refractivity contribution in [2.24, 2.45) is 0 Å². The minimum atomic E-state index is -0.326. The minimum absolute atomic E-state index is 0.326. The van der Waals surface area contributed by atoms with Crippen molar-refractivity contribution in [2.75, 3.05) is 17.2 Å². The van der Waals surface area contributed by atoms with Crippen LogP contribution in [0.2, 0.25) is 10.0 Å². The Hall–Kier alpha value is -1.04. The molecule has 21 heavy (non-hydrogen) atoms. The van der Waals surface area contributed by atoms with Crippen molar-refractivity contribution in [3.8, 4) is 0 Å². The highest BCUT2D eigenvalue weighted by molar-refractivity contribution is 9.10. The Morgan fingerprint density at radius 2 is 1.90 bits per heavy atom. The van der Waals surface area contributed by atoms with Gasteiger partial charge in [-0.25, -0.2) is 9.37 Å². The van der Waals surface area contributed by atoms with Crippen LogP contribution in [-0.4, -0.2) is 11.5 Å². The zero-order chi connectivity index (χ0) is 15.4. The van der Waals surface area contributed by atoms with Gasteiger partial charge in [-0.05, 0) is 46.6 Å². The molecule has 0 unspecified atom stereocenters. The molecule has 7 heteroatoms. The van der Waals surface area contributed by atoms with Crippen LogP contribution in [0.1, 0.15) is 13.3 Å². The Kier molecular flexibility index (Phi) is 5.67. The molecule has 0 aliphatic heterocycles. The van der Waals surface area contributed by atoms with E-state index in [0.717, 1.165) is 13.0 Å². The molecular formula is C14H13BrCl2FN3. The van der Waals surface area contributed by atoms with Crippen LogP contribution in [0.15, 0.2) is 28.7 Å². The normalized spacial score (nSPS) is 10.5. The van der Waals surface area contributed by atoms with E-state index in [1.165, 1.54) is 12.1 Å². The van der Waals surface area contributed by atoms with E-state index in [9.17, 15) is 4.39 Å². The first-order valence-electron chi connectivity index (χ1n) is 6.33. The summed E-state index contributed by atoms with van der Waals surface area (Å²) in [5, 5.41) is 7.03. The smallest absolute Gasteiger partial charge is 0.151 e. The lowest BCUT2D eigenvalue weighted by Crippen LogP contribution is -2.05. The van der Waals surface area contributed by atoms with Crippen LogP contribution in [0.4, 0.5) is 21.7 Å². The molecule has 0 saturated heterocycles. The molecule has 112 valence electrons. The molecule has 0 aliphatic rings. The monoisotopic (exact) mass is 391 g/mol. The predicted molar refractivity (Wildman–Crippen MR) is 90.4 cm³/mol. The van der Waals surface area contributed by atoms with E-state index in [1.54, 1.807) is 12.1 Å². The second-order valence-corrected chi connectivity index (χ2v) is 5.99. The summed E-state index contributed by atoms with van der Waals surface area (Å²) in [6.45, 7) is 2.81. The maximum Gasteiger partial charge on any atom is 0.151 e. The summed E-state index contributed by atoms with van der Waals surface area (Å²) >= 11 is 15.5. The fourth-order valence-electron chi connectivity index (χ4n) is 1.64. The molecule has 0 fully saturated rings. The summed E-state index contributed by atoms with van der Waals surface area (Å²) in [5.74, 6) is 0.684. The number of halogens is 4. The maximum absolute atomic E-state index is 13.1. The summed E-state index contributed by atoms with van der Waals surface area (Å²) in [6.07, 6.45) is 0.951. The lowest BCUT2D eigenvalue weighted by Gasteiger charge is -2.13. The second-order valence-electron chi connectivity index (χ2n) is 4.33. The largest absolute Gasteiger partial charge is 0.369 e. The SMILES string of the molecule is CCCNc1nc(Nc2ccc(F)cc2Br)c(Cl)cc1Cl. The van der Waals surface area contributed by atoms with Gasteiger partial charge in [0.05, 0.1) is 15.7 Å². The molecule has 2 aromatic rings. The number of benzene rings is 1. The predicted octanol–water partition coefficient (Wildman–Crippen LogP) is 5.86.